The van der Waals surface area contributed by atoms with Gasteiger partial charge in [-0.2, -0.15) is 0 Å². The monoisotopic (exact) mass is 527 g/mol. The number of ether oxygens (including phenoxy) is 1. The second-order valence-electron chi connectivity index (χ2n) is 10.6. The van der Waals surface area contributed by atoms with Crippen LogP contribution in [0.5, 0.6) is 0 Å². The van der Waals surface area contributed by atoms with Gasteiger partial charge in [0, 0.05) is 24.1 Å². The summed E-state index contributed by atoms with van der Waals surface area (Å²) in [6.45, 7) is 2.66. The lowest BCUT2D eigenvalue weighted by molar-refractivity contribution is 0.102. The van der Waals surface area contributed by atoms with Gasteiger partial charge in [0.2, 0.25) is 11.6 Å². The van der Waals surface area contributed by atoms with Crippen molar-refractivity contribution in [3.8, 4) is 12.3 Å². The summed E-state index contributed by atoms with van der Waals surface area (Å²) in [6.07, 6.45) is 11.8. The lowest BCUT2D eigenvalue weighted by atomic mass is 9.80. The van der Waals surface area contributed by atoms with Crippen molar-refractivity contribution in [1.82, 2.24) is 19.5 Å². The predicted molar refractivity (Wildman–Crippen MR) is 147 cm³/mol. The molecule has 0 spiro atoms. The lowest BCUT2D eigenvalue weighted by Crippen LogP contribution is -2.32. The third-order valence-electron chi connectivity index (χ3n) is 7.99. The number of nitrogens with zero attached hydrogens (tertiary/aromatic N) is 4. The van der Waals surface area contributed by atoms with Crippen molar-refractivity contribution in [2.24, 2.45) is 23.5 Å². The number of primary amides is 1. The topological polar surface area (TPSA) is 149 Å². The van der Waals surface area contributed by atoms with Crippen molar-refractivity contribution >= 4 is 34.8 Å². The fourth-order valence-electron chi connectivity index (χ4n) is 5.50. The molecule has 2 heterocycles. The summed E-state index contributed by atoms with van der Waals surface area (Å²) in [7, 11) is 0. The fourth-order valence-corrected chi connectivity index (χ4v) is 5.50. The molecule has 10 nitrogen and oxygen atoms in total. The summed E-state index contributed by atoms with van der Waals surface area (Å²) >= 11 is 0. The van der Waals surface area contributed by atoms with Gasteiger partial charge in [0.05, 0.1) is 0 Å². The molecule has 1 aromatic carbocycles. The smallest absolute Gasteiger partial charge is 0.388 e. The van der Waals surface area contributed by atoms with E-state index in [2.05, 4.69) is 33.1 Å². The molecule has 0 unspecified atom stereocenters. The van der Waals surface area contributed by atoms with E-state index in [1.54, 1.807) is 12.1 Å². The Morgan fingerprint density at radius 3 is 2.49 bits per heavy atom. The summed E-state index contributed by atoms with van der Waals surface area (Å²) in [5.74, 6) is 3.71. The number of anilines is 1. The van der Waals surface area contributed by atoms with Crippen molar-refractivity contribution < 1.29 is 14.3 Å². The molecule has 2 aliphatic rings. The number of hydrogen-bond acceptors (Lipinski definition) is 8. The first-order chi connectivity index (χ1) is 18.8. The second-order valence-corrected chi connectivity index (χ2v) is 10.6. The minimum atomic E-state index is -1.13. The number of terminal acetylenes is 1. The minimum absolute atomic E-state index is 0.0960. The van der Waals surface area contributed by atoms with Crippen molar-refractivity contribution in [2.75, 3.05) is 5.32 Å². The van der Waals surface area contributed by atoms with E-state index in [0.717, 1.165) is 38.5 Å². The van der Waals surface area contributed by atoms with Crippen LogP contribution in [-0.2, 0) is 11.3 Å². The highest BCUT2D eigenvalue weighted by Gasteiger charge is 2.30. The number of hydrogen-bond donors (Lipinski definition) is 3. The maximum Gasteiger partial charge on any atom is 0.411 e. The molecule has 2 aromatic heterocycles. The standard InChI is InChI=1S/C29H33N7O3/c1-3-18-12-14-19(15-13-18)16-36-22-25(32-17(2)20-10-7-11-20)33-27(24(30)39-29(31)38)34-26(22)35-28(36)23(37)21-8-5-4-6-9-21/h1,4-6,8-9,17-20,30H,7,10-16H2,2H3,(H2,31,38)(H,32,33,34)/t17-,18?,19?/m1/s1. The number of ketones is 1. The van der Waals surface area contributed by atoms with Crippen molar-refractivity contribution in [2.45, 2.75) is 64.5 Å². The zero-order valence-corrected chi connectivity index (χ0v) is 22.0. The van der Waals surface area contributed by atoms with Crippen molar-refractivity contribution in [3.05, 3.63) is 47.5 Å². The van der Waals surface area contributed by atoms with Gasteiger partial charge in [-0.15, -0.1) is 12.3 Å². The van der Waals surface area contributed by atoms with E-state index in [4.69, 9.17) is 22.3 Å². The van der Waals surface area contributed by atoms with E-state index in [1.807, 2.05) is 22.8 Å². The van der Waals surface area contributed by atoms with Gasteiger partial charge in [0.1, 0.15) is 5.52 Å². The van der Waals surface area contributed by atoms with Gasteiger partial charge in [-0.05, 0) is 57.3 Å². The Balaban J connectivity index is 1.63. The van der Waals surface area contributed by atoms with Crippen LogP contribution in [0.15, 0.2) is 30.3 Å². The summed E-state index contributed by atoms with van der Waals surface area (Å²) in [6, 6.07) is 9.10. The Bertz CT molecular complexity index is 1430. The average molecular weight is 528 g/mol. The highest BCUT2D eigenvalue weighted by molar-refractivity contribution is 6.09. The molecule has 5 rings (SSSR count). The molecule has 0 radical (unpaired) electrons. The van der Waals surface area contributed by atoms with Gasteiger partial charge >= 0.3 is 6.09 Å². The Hall–Kier alpha value is -4.26. The number of rotatable bonds is 8. The van der Waals surface area contributed by atoms with E-state index < -0.39 is 12.0 Å². The normalized spacial score (nSPS) is 20.0. The summed E-state index contributed by atoms with van der Waals surface area (Å²) < 4.78 is 6.69. The van der Waals surface area contributed by atoms with Crippen LogP contribution in [0.4, 0.5) is 10.6 Å². The Morgan fingerprint density at radius 1 is 1.15 bits per heavy atom. The molecule has 3 aromatic rings. The van der Waals surface area contributed by atoms with Gasteiger partial charge in [0.15, 0.2) is 17.3 Å². The summed E-state index contributed by atoms with van der Waals surface area (Å²) in [5.41, 5.74) is 6.49. The second kappa shape index (κ2) is 11.2. The largest absolute Gasteiger partial charge is 0.411 e. The van der Waals surface area contributed by atoms with Gasteiger partial charge in [0.25, 0.3) is 5.90 Å². The number of carbonyl (C=O) groups is 2. The third-order valence-corrected chi connectivity index (χ3v) is 7.99. The van der Waals surface area contributed by atoms with Crippen LogP contribution in [0.25, 0.3) is 11.2 Å². The quantitative estimate of drug-likeness (QED) is 0.169. The number of carbonyl (C=O) groups excluding carboxylic acids is 2. The molecule has 0 aliphatic heterocycles. The predicted octanol–water partition coefficient (Wildman–Crippen LogP) is 4.52. The first-order valence-electron chi connectivity index (χ1n) is 13.5. The third kappa shape index (κ3) is 5.62. The summed E-state index contributed by atoms with van der Waals surface area (Å²) in [4.78, 5) is 38.7. The highest BCUT2D eigenvalue weighted by atomic mass is 16.6. The molecule has 39 heavy (non-hydrogen) atoms. The van der Waals surface area contributed by atoms with Gasteiger partial charge in [-0.3, -0.25) is 10.2 Å². The first-order valence-corrected chi connectivity index (χ1v) is 13.5. The Labute approximate surface area is 227 Å². The van der Waals surface area contributed by atoms with E-state index in [-0.39, 0.29) is 35.0 Å². The van der Waals surface area contributed by atoms with Crippen LogP contribution in [0.3, 0.4) is 0 Å². The fraction of sp³-hybridized carbons (Fsp3) is 0.448. The molecule has 10 heteroatoms. The molecule has 2 aliphatic carbocycles. The molecule has 2 fully saturated rings. The van der Waals surface area contributed by atoms with E-state index in [0.29, 0.717) is 35.3 Å². The molecule has 4 N–H and O–H groups in total. The van der Waals surface area contributed by atoms with E-state index >= 15 is 0 Å². The lowest BCUT2D eigenvalue weighted by Gasteiger charge is -2.32. The Kier molecular flexibility index (Phi) is 7.59. The van der Waals surface area contributed by atoms with Crippen LogP contribution >= 0.6 is 0 Å². The van der Waals surface area contributed by atoms with E-state index in [1.165, 1.54) is 6.42 Å². The number of aromatic nitrogens is 4. The van der Waals surface area contributed by atoms with Crippen molar-refractivity contribution in [1.29, 1.82) is 5.41 Å². The Morgan fingerprint density at radius 2 is 1.87 bits per heavy atom. The van der Waals surface area contributed by atoms with Crippen LogP contribution in [-0.4, -0.2) is 43.3 Å². The first kappa shape index (κ1) is 26.4. The van der Waals surface area contributed by atoms with Crippen LogP contribution in [0.2, 0.25) is 0 Å². The number of nitrogens with one attached hydrogen (secondary N) is 2. The molecule has 202 valence electrons. The van der Waals surface area contributed by atoms with E-state index in [9.17, 15) is 9.59 Å². The zero-order valence-electron chi connectivity index (χ0n) is 22.0. The number of benzene rings is 1. The maximum atomic E-state index is 13.7. The molecular weight excluding hydrogens is 494 g/mol. The van der Waals surface area contributed by atoms with Crippen molar-refractivity contribution in [3.63, 3.8) is 0 Å². The SMILES string of the molecule is C#CC1CCC(Cn2c(C(=O)c3ccccc3)nc3nc(C(=N)OC(N)=O)nc(N[C@H](C)C4CCC4)c32)CC1. The van der Waals surface area contributed by atoms with Gasteiger partial charge in [-0.1, -0.05) is 36.8 Å². The molecule has 1 amide bonds. The molecular formula is C29H33N7O3. The van der Waals surface area contributed by atoms with Crippen LogP contribution < -0.4 is 11.1 Å². The number of amides is 1. The average Bonchev–Trinajstić information content (AvgIpc) is 3.26. The minimum Gasteiger partial charge on any atom is -0.388 e. The number of nitrogens with two attached hydrogens (primary N) is 1. The zero-order chi connectivity index (χ0) is 27.5. The molecule has 2 saturated carbocycles. The summed E-state index contributed by atoms with van der Waals surface area (Å²) in [5, 5.41) is 11.7. The molecule has 1 atom stereocenters. The highest BCUT2D eigenvalue weighted by Crippen LogP contribution is 2.34. The van der Waals surface area contributed by atoms with Crippen LogP contribution in [0.1, 0.15) is 73.9 Å². The molecule has 0 bridgehead atoms. The van der Waals surface area contributed by atoms with Crippen LogP contribution in [0, 0.1) is 35.5 Å². The molecule has 0 saturated heterocycles. The van der Waals surface area contributed by atoms with Gasteiger partial charge < -0.3 is 20.4 Å². The number of imidazole rings is 1. The maximum absolute atomic E-state index is 13.7. The number of fused-ring (bicyclic) bond motifs is 1. The van der Waals surface area contributed by atoms with Gasteiger partial charge in [-0.25, -0.2) is 19.7 Å².